The van der Waals surface area contributed by atoms with E-state index in [1.807, 2.05) is 32.1 Å². The Labute approximate surface area is 200 Å². The molecule has 1 N–H and O–H groups in total. The minimum absolute atomic E-state index is 0.0107. The number of carbonyl (C=O) groups is 1. The van der Waals surface area contributed by atoms with Crippen molar-refractivity contribution < 1.29 is 13.6 Å². The van der Waals surface area contributed by atoms with Gasteiger partial charge in [-0.25, -0.2) is 4.98 Å². The number of carbonyl (C=O) groups excluding carboxylic acids is 1. The fraction of sp³-hybridized carbons (Fsp3) is 0.292. The summed E-state index contributed by atoms with van der Waals surface area (Å²) in [6, 6.07) is 5.20. The summed E-state index contributed by atoms with van der Waals surface area (Å²) in [6.45, 7) is 5.81. The Balaban J connectivity index is 1.53. The molecule has 0 aliphatic carbocycles. The summed E-state index contributed by atoms with van der Waals surface area (Å²) in [7, 11) is 0. The van der Waals surface area contributed by atoms with E-state index in [4.69, 9.17) is 18.8 Å². The number of amides is 1. The second-order valence-electron chi connectivity index (χ2n) is 7.84. The highest BCUT2D eigenvalue weighted by Gasteiger charge is 2.23. The van der Waals surface area contributed by atoms with Crippen molar-refractivity contribution >= 4 is 44.3 Å². The lowest BCUT2D eigenvalue weighted by atomic mass is 10.1. The number of furan rings is 1. The second kappa shape index (κ2) is 9.60. The van der Waals surface area contributed by atoms with E-state index in [2.05, 4.69) is 20.4 Å². The van der Waals surface area contributed by atoms with Crippen molar-refractivity contribution in [3.63, 3.8) is 0 Å². The predicted octanol–water partition coefficient (Wildman–Crippen LogP) is 5.56. The summed E-state index contributed by atoms with van der Waals surface area (Å²) in [4.78, 5) is 25.2. The minimum atomic E-state index is -0.368. The van der Waals surface area contributed by atoms with E-state index in [9.17, 15) is 4.79 Å². The Morgan fingerprint density at radius 1 is 1.18 bits per heavy atom. The Kier molecular flexibility index (Phi) is 6.22. The first kappa shape index (κ1) is 22.0. The zero-order valence-corrected chi connectivity index (χ0v) is 19.8. The van der Waals surface area contributed by atoms with Crippen LogP contribution in [-0.2, 0) is 0 Å². The molecule has 1 fully saturated rings. The fourth-order valence-corrected chi connectivity index (χ4v) is 4.96. The van der Waals surface area contributed by atoms with Crippen LogP contribution in [0.5, 0.6) is 0 Å². The second-order valence-corrected chi connectivity index (χ2v) is 8.82. The largest absolute Gasteiger partial charge is 0.459 e. The van der Waals surface area contributed by atoms with E-state index in [0.29, 0.717) is 22.7 Å². The van der Waals surface area contributed by atoms with Gasteiger partial charge in [-0.05, 0) is 56.9 Å². The lowest BCUT2D eigenvalue weighted by Gasteiger charge is -2.25. The van der Waals surface area contributed by atoms with Crippen LogP contribution in [-0.4, -0.2) is 39.2 Å². The molecule has 1 aliphatic rings. The molecule has 0 radical (unpaired) electrons. The van der Waals surface area contributed by atoms with Crippen LogP contribution in [0.2, 0.25) is 0 Å². The van der Waals surface area contributed by atoms with Crippen molar-refractivity contribution in [1.29, 1.82) is 0 Å². The van der Waals surface area contributed by atoms with E-state index in [1.54, 1.807) is 18.2 Å². The molecule has 0 bridgehead atoms. The maximum absolute atomic E-state index is 13.4. The number of piperidine rings is 1. The first-order valence-electron chi connectivity index (χ1n) is 11.2. The van der Waals surface area contributed by atoms with E-state index in [-0.39, 0.29) is 17.8 Å². The molecule has 0 saturated carbocycles. The first-order valence-corrected chi connectivity index (χ1v) is 12.0. The molecular formula is C24H24N6O3S. The van der Waals surface area contributed by atoms with Gasteiger partial charge in [0.05, 0.1) is 22.2 Å². The average molecular weight is 477 g/mol. The monoisotopic (exact) mass is 476 g/mol. The number of thiazole rings is 1. The lowest BCUT2D eigenvalue weighted by Crippen LogP contribution is -2.29. The Bertz CT molecular complexity index is 1360. The molecule has 174 valence electrons. The normalized spacial score (nSPS) is 14.9. The molecule has 5 heterocycles. The number of hydrogen-bond donors (Lipinski definition) is 1. The number of nitrogens with zero attached hydrogens (tertiary/aromatic N) is 5. The molecule has 0 aromatic carbocycles. The molecule has 0 unspecified atom stereocenters. The van der Waals surface area contributed by atoms with Crippen LogP contribution in [0.3, 0.4) is 0 Å². The first-order chi connectivity index (χ1) is 16.7. The number of pyridine rings is 1. The molecule has 0 spiro atoms. The molecule has 1 saturated heterocycles. The smallest absolute Gasteiger partial charge is 0.322 e. The molecule has 1 amide bonds. The summed E-state index contributed by atoms with van der Waals surface area (Å²) >= 11 is 1.49. The van der Waals surface area contributed by atoms with Crippen LogP contribution in [0.4, 0.5) is 11.1 Å². The molecule has 5 rings (SSSR count). The van der Waals surface area contributed by atoms with E-state index < -0.39 is 0 Å². The third kappa shape index (κ3) is 4.36. The number of anilines is 2. The third-order valence-corrected chi connectivity index (χ3v) is 6.69. The molecular weight excluding hydrogens is 452 g/mol. The van der Waals surface area contributed by atoms with Crippen LogP contribution in [0.25, 0.3) is 27.6 Å². The molecule has 9 nitrogen and oxygen atoms in total. The van der Waals surface area contributed by atoms with Crippen LogP contribution in [0.1, 0.15) is 49.2 Å². The maximum Gasteiger partial charge on any atom is 0.322 e. The topological polar surface area (TPSA) is 110 Å². The van der Waals surface area contributed by atoms with Crippen molar-refractivity contribution in [2.24, 2.45) is 0 Å². The van der Waals surface area contributed by atoms with Crippen molar-refractivity contribution in [2.75, 3.05) is 23.3 Å². The maximum atomic E-state index is 13.4. The highest BCUT2D eigenvalue weighted by Crippen LogP contribution is 2.34. The van der Waals surface area contributed by atoms with Gasteiger partial charge in [0, 0.05) is 13.1 Å². The highest BCUT2D eigenvalue weighted by atomic mass is 32.1. The van der Waals surface area contributed by atoms with Crippen LogP contribution >= 0.6 is 11.3 Å². The van der Waals surface area contributed by atoms with E-state index in [1.165, 1.54) is 24.0 Å². The van der Waals surface area contributed by atoms with E-state index in [0.717, 1.165) is 41.3 Å². The molecule has 1 aliphatic heterocycles. The van der Waals surface area contributed by atoms with Crippen molar-refractivity contribution in [2.45, 2.75) is 33.1 Å². The fourth-order valence-electron chi connectivity index (χ4n) is 3.89. The lowest BCUT2D eigenvalue weighted by molar-refractivity contribution is 0.102. The highest BCUT2D eigenvalue weighted by molar-refractivity contribution is 7.22. The molecule has 4 aromatic rings. The van der Waals surface area contributed by atoms with Crippen molar-refractivity contribution in [1.82, 2.24) is 20.2 Å². The molecule has 10 heteroatoms. The SMILES string of the molecule is C/C=C\C(=C/C)c1cc(C(=O)Nc2nnc(-c3ccco3)o2)c2sc(N3CCCCC3)nc2n1. The Morgan fingerprint density at radius 2 is 2.03 bits per heavy atom. The standard InChI is InChI=1S/C24H24N6O3S/c1-3-9-15(4-2)17-14-16(19-20(25-17)26-24(34-19)30-11-6-5-7-12-30)21(31)27-23-29-28-22(33-23)18-10-8-13-32-18/h3-4,8-10,13-14H,5-7,11-12H2,1-2H3,(H,27,29,31)/b9-3-,15-4+. The van der Waals surface area contributed by atoms with Gasteiger partial charge in [-0.2, -0.15) is 4.98 Å². The zero-order chi connectivity index (χ0) is 23.5. The predicted molar refractivity (Wildman–Crippen MR) is 132 cm³/mol. The summed E-state index contributed by atoms with van der Waals surface area (Å²) in [5, 5.41) is 11.5. The Morgan fingerprint density at radius 3 is 2.76 bits per heavy atom. The number of nitrogens with one attached hydrogen (secondary N) is 1. The molecule has 34 heavy (non-hydrogen) atoms. The number of rotatable bonds is 6. The minimum Gasteiger partial charge on any atom is -0.459 e. The number of allylic oxidation sites excluding steroid dienone is 4. The summed E-state index contributed by atoms with van der Waals surface area (Å²) < 4.78 is 11.6. The van der Waals surface area contributed by atoms with Gasteiger partial charge in [0.25, 0.3) is 11.8 Å². The summed E-state index contributed by atoms with van der Waals surface area (Å²) in [6.07, 6.45) is 10.9. The molecule has 4 aromatic heterocycles. The van der Waals surface area contributed by atoms with Crippen LogP contribution in [0, 0.1) is 0 Å². The van der Waals surface area contributed by atoms with Crippen LogP contribution < -0.4 is 10.2 Å². The van der Waals surface area contributed by atoms with Crippen LogP contribution in [0.15, 0.2) is 51.5 Å². The van der Waals surface area contributed by atoms with Gasteiger partial charge < -0.3 is 13.7 Å². The van der Waals surface area contributed by atoms with Gasteiger partial charge in [-0.1, -0.05) is 34.7 Å². The zero-order valence-electron chi connectivity index (χ0n) is 18.9. The summed E-state index contributed by atoms with van der Waals surface area (Å²) in [5.74, 6) is 0.252. The summed E-state index contributed by atoms with van der Waals surface area (Å²) in [5.41, 5.74) is 2.60. The van der Waals surface area contributed by atoms with Gasteiger partial charge in [0.15, 0.2) is 16.5 Å². The number of hydrogen-bond acceptors (Lipinski definition) is 9. The number of fused-ring (bicyclic) bond motifs is 1. The van der Waals surface area contributed by atoms with Gasteiger partial charge in [0.2, 0.25) is 0 Å². The Hall–Kier alpha value is -3.79. The molecule has 0 atom stereocenters. The van der Waals surface area contributed by atoms with E-state index >= 15 is 0 Å². The van der Waals surface area contributed by atoms with Gasteiger partial charge in [0.1, 0.15) is 0 Å². The van der Waals surface area contributed by atoms with Gasteiger partial charge in [-0.3, -0.25) is 10.1 Å². The van der Waals surface area contributed by atoms with Crippen molar-refractivity contribution in [3.8, 4) is 11.7 Å². The third-order valence-electron chi connectivity index (χ3n) is 5.55. The quantitative estimate of drug-likeness (QED) is 0.360. The number of aromatic nitrogens is 4. The van der Waals surface area contributed by atoms with Gasteiger partial charge >= 0.3 is 6.01 Å². The van der Waals surface area contributed by atoms with Gasteiger partial charge in [-0.15, -0.1) is 5.10 Å². The van der Waals surface area contributed by atoms with Crippen molar-refractivity contribution in [3.05, 3.63) is 53.9 Å². The average Bonchev–Trinajstić information content (AvgIpc) is 3.63.